The normalized spacial score (nSPS) is 11.0. The number of benzene rings is 1. The predicted molar refractivity (Wildman–Crippen MR) is 94.1 cm³/mol. The fraction of sp³-hybridized carbons (Fsp3) is 0.263. The van der Waals surface area contributed by atoms with Gasteiger partial charge in [0, 0.05) is 37.1 Å². The molecule has 0 saturated heterocycles. The van der Waals surface area contributed by atoms with E-state index in [0.29, 0.717) is 5.69 Å². The average Bonchev–Trinajstić information content (AvgIpc) is 3.15. The molecule has 5 heteroatoms. The number of H-pyrrole nitrogens is 1. The zero-order chi connectivity index (χ0) is 17.1. The Labute approximate surface area is 142 Å². The molecule has 0 unspecified atom stereocenters. The molecule has 122 valence electrons. The number of rotatable bonds is 5. The van der Waals surface area contributed by atoms with Gasteiger partial charge in [0.15, 0.2) is 0 Å². The summed E-state index contributed by atoms with van der Waals surface area (Å²) in [7, 11) is 4.00. The van der Waals surface area contributed by atoms with Crippen molar-refractivity contribution >= 4 is 0 Å². The van der Waals surface area contributed by atoms with Crippen LogP contribution in [-0.4, -0.2) is 26.7 Å². The van der Waals surface area contributed by atoms with E-state index in [1.54, 1.807) is 0 Å². The number of aromatic nitrogens is 3. The molecule has 0 fully saturated rings. The first-order chi connectivity index (χ1) is 11.6. The Bertz CT molecular complexity index is 867. The van der Waals surface area contributed by atoms with E-state index in [0.717, 1.165) is 35.7 Å². The van der Waals surface area contributed by atoms with Crippen LogP contribution in [0.25, 0.3) is 11.3 Å². The van der Waals surface area contributed by atoms with Gasteiger partial charge in [-0.3, -0.25) is 10.00 Å². The molecular formula is C19H21N5. The first-order valence-electron chi connectivity index (χ1n) is 7.92. The van der Waals surface area contributed by atoms with E-state index in [1.165, 1.54) is 5.56 Å². The van der Waals surface area contributed by atoms with Gasteiger partial charge in [0.25, 0.3) is 0 Å². The molecular weight excluding hydrogens is 298 g/mol. The van der Waals surface area contributed by atoms with Crippen LogP contribution in [0.3, 0.4) is 0 Å². The Balaban J connectivity index is 1.69. The lowest BCUT2D eigenvalue weighted by Crippen LogP contribution is -2.17. The molecule has 0 atom stereocenters. The fourth-order valence-corrected chi connectivity index (χ4v) is 2.87. The summed E-state index contributed by atoms with van der Waals surface area (Å²) < 4.78 is 1.94. The van der Waals surface area contributed by atoms with Crippen LogP contribution in [0.4, 0.5) is 0 Å². The second kappa shape index (κ2) is 6.73. The van der Waals surface area contributed by atoms with Crippen LogP contribution in [0, 0.1) is 18.3 Å². The smallest absolute Gasteiger partial charge is 0.120 e. The van der Waals surface area contributed by atoms with E-state index < -0.39 is 0 Å². The van der Waals surface area contributed by atoms with Gasteiger partial charge in [0.2, 0.25) is 0 Å². The van der Waals surface area contributed by atoms with Gasteiger partial charge in [-0.1, -0.05) is 30.3 Å². The molecule has 0 amide bonds. The average molecular weight is 319 g/mol. The van der Waals surface area contributed by atoms with Crippen LogP contribution in [0.1, 0.15) is 22.6 Å². The third-order valence-electron chi connectivity index (χ3n) is 4.34. The van der Waals surface area contributed by atoms with Crippen molar-refractivity contribution in [2.75, 3.05) is 7.05 Å². The molecule has 0 aliphatic carbocycles. The molecule has 0 aliphatic heterocycles. The number of hydrogen-bond acceptors (Lipinski definition) is 3. The lowest BCUT2D eigenvalue weighted by molar-refractivity contribution is 0.314. The van der Waals surface area contributed by atoms with Crippen molar-refractivity contribution in [3.05, 3.63) is 65.1 Å². The summed E-state index contributed by atoms with van der Waals surface area (Å²) in [6.45, 7) is 3.62. The molecule has 0 spiro atoms. The second-order valence-corrected chi connectivity index (χ2v) is 6.13. The van der Waals surface area contributed by atoms with E-state index in [2.05, 4.69) is 46.4 Å². The molecule has 0 saturated carbocycles. The first kappa shape index (κ1) is 16.0. The summed E-state index contributed by atoms with van der Waals surface area (Å²) in [6, 6.07) is 16.4. The van der Waals surface area contributed by atoms with Gasteiger partial charge in [-0.2, -0.15) is 10.4 Å². The van der Waals surface area contributed by atoms with Crippen molar-refractivity contribution in [2.24, 2.45) is 7.05 Å². The van der Waals surface area contributed by atoms with Crippen molar-refractivity contribution in [1.82, 2.24) is 19.7 Å². The number of nitriles is 1. The monoisotopic (exact) mass is 319 g/mol. The Hall–Kier alpha value is -2.84. The largest absolute Gasteiger partial charge is 0.340 e. The Morgan fingerprint density at radius 3 is 2.62 bits per heavy atom. The lowest BCUT2D eigenvalue weighted by atomic mass is 10.1. The Morgan fingerprint density at radius 1 is 1.21 bits per heavy atom. The minimum absolute atomic E-state index is 0.698. The number of nitrogens with one attached hydrogen (secondary N) is 1. The Morgan fingerprint density at radius 2 is 1.96 bits per heavy atom. The summed E-state index contributed by atoms with van der Waals surface area (Å²) in [5, 5.41) is 16.6. The van der Waals surface area contributed by atoms with E-state index in [4.69, 9.17) is 5.26 Å². The summed E-state index contributed by atoms with van der Waals surface area (Å²) in [5.74, 6) is 0. The van der Waals surface area contributed by atoms with Gasteiger partial charge < -0.3 is 4.57 Å². The zero-order valence-corrected chi connectivity index (χ0v) is 14.2. The SMILES string of the molecule is Cc1c(CN(C)Cc2cc(-c3ccccc3)n[nH]2)cc(C#N)n1C. The van der Waals surface area contributed by atoms with Gasteiger partial charge >= 0.3 is 0 Å². The highest BCUT2D eigenvalue weighted by Crippen LogP contribution is 2.19. The summed E-state index contributed by atoms with van der Waals surface area (Å²) in [4.78, 5) is 2.21. The molecule has 1 N–H and O–H groups in total. The quantitative estimate of drug-likeness (QED) is 0.785. The number of aromatic amines is 1. The van der Waals surface area contributed by atoms with E-state index >= 15 is 0 Å². The van der Waals surface area contributed by atoms with Gasteiger partial charge in [0.05, 0.1) is 5.69 Å². The van der Waals surface area contributed by atoms with Crippen LogP contribution >= 0.6 is 0 Å². The van der Waals surface area contributed by atoms with E-state index in [-0.39, 0.29) is 0 Å². The maximum atomic E-state index is 9.14. The zero-order valence-electron chi connectivity index (χ0n) is 14.2. The predicted octanol–water partition coefficient (Wildman–Crippen LogP) is 3.23. The standard InChI is InChI=1S/C19H21N5/c1-14-16(9-18(11-20)24(14)3)12-23(2)13-17-10-19(22-21-17)15-7-5-4-6-8-15/h4-10H,12-13H2,1-3H3,(H,21,22). The van der Waals surface area contributed by atoms with E-state index in [1.807, 2.05) is 42.8 Å². The minimum Gasteiger partial charge on any atom is -0.340 e. The summed E-state index contributed by atoms with van der Waals surface area (Å²) in [6.07, 6.45) is 0. The van der Waals surface area contributed by atoms with Crippen molar-refractivity contribution in [3.63, 3.8) is 0 Å². The van der Waals surface area contributed by atoms with Gasteiger partial charge in [-0.25, -0.2) is 0 Å². The van der Waals surface area contributed by atoms with Crippen molar-refractivity contribution in [1.29, 1.82) is 5.26 Å². The highest BCUT2D eigenvalue weighted by molar-refractivity contribution is 5.58. The van der Waals surface area contributed by atoms with Crippen molar-refractivity contribution in [3.8, 4) is 17.3 Å². The highest BCUT2D eigenvalue weighted by Gasteiger charge is 2.12. The third-order valence-corrected chi connectivity index (χ3v) is 4.34. The molecule has 3 rings (SSSR count). The minimum atomic E-state index is 0.698. The topological polar surface area (TPSA) is 60.6 Å². The molecule has 2 heterocycles. The molecule has 0 bridgehead atoms. The van der Waals surface area contributed by atoms with Gasteiger partial charge in [-0.05, 0) is 31.7 Å². The molecule has 24 heavy (non-hydrogen) atoms. The number of hydrogen-bond donors (Lipinski definition) is 1. The van der Waals surface area contributed by atoms with Crippen molar-refractivity contribution in [2.45, 2.75) is 20.0 Å². The van der Waals surface area contributed by atoms with Crippen molar-refractivity contribution < 1.29 is 0 Å². The van der Waals surface area contributed by atoms with Crippen LogP contribution in [0.5, 0.6) is 0 Å². The molecule has 2 aromatic heterocycles. The maximum Gasteiger partial charge on any atom is 0.120 e. The first-order valence-corrected chi connectivity index (χ1v) is 7.92. The van der Waals surface area contributed by atoms with Crippen LogP contribution in [0.2, 0.25) is 0 Å². The third kappa shape index (κ3) is 3.24. The molecule has 3 aromatic rings. The van der Waals surface area contributed by atoms with Crippen LogP contribution < -0.4 is 0 Å². The molecule has 1 aromatic carbocycles. The van der Waals surface area contributed by atoms with Crippen LogP contribution in [0.15, 0.2) is 42.5 Å². The fourth-order valence-electron chi connectivity index (χ4n) is 2.87. The maximum absolute atomic E-state index is 9.14. The highest BCUT2D eigenvalue weighted by atomic mass is 15.2. The van der Waals surface area contributed by atoms with Crippen LogP contribution in [-0.2, 0) is 20.1 Å². The molecule has 5 nitrogen and oxygen atoms in total. The van der Waals surface area contributed by atoms with E-state index in [9.17, 15) is 0 Å². The van der Waals surface area contributed by atoms with Gasteiger partial charge in [0.1, 0.15) is 11.8 Å². The lowest BCUT2D eigenvalue weighted by Gasteiger charge is -2.15. The molecule has 0 aliphatic rings. The second-order valence-electron chi connectivity index (χ2n) is 6.13. The van der Waals surface area contributed by atoms with Gasteiger partial charge in [-0.15, -0.1) is 0 Å². The Kier molecular flexibility index (Phi) is 4.50. The number of nitrogens with zero attached hydrogens (tertiary/aromatic N) is 4. The molecule has 0 radical (unpaired) electrons. The summed E-state index contributed by atoms with van der Waals surface area (Å²) >= 11 is 0. The summed E-state index contributed by atoms with van der Waals surface area (Å²) in [5.41, 5.74) is 6.16.